The number of methoxy groups -OCH3 is 1. The van der Waals surface area contributed by atoms with Gasteiger partial charge in [-0.15, -0.1) is 0 Å². The second-order valence-electron chi connectivity index (χ2n) is 5.54. The molecule has 0 bridgehead atoms. The lowest BCUT2D eigenvalue weighted by molar-refractivity contribution is 0.0773. The van der Waals surface area contributed by atoms with E-state index in [1.807, 2.05) is 10.8 Å². The fourth-order valence-electron chi connectivity index (χ4n) is 2.40. The maximum absolute atomic E-state index is 9.18. The van der Waals surface area contributed by atoms with E-state index in [9.17, 15) is 10.2 Å². The molecule has 0 aliphatic rings. The molecule has 2 aromatic heterocycles. The molecular formula is C16H26N4O4. The Kier molecular flexibility index (Phi) is 7.38. The van der Waals surface area contributed by atoms with E-state index in [1.54, 1.807) is 7.11 Å². The average molecular weight is 338 g/mol. The highest BCUT2D eigenvalue weighted by molar-refractivity contribution is 5.83. The minimum atomic E-state index is -0.368. The first-order valence-corrected chi connectivity index (χ1v) is 8.14. The normalized spacial score (nSPS) is 11.5. The predicted molar refractivity (Wildman–Crippen MR) is 89.7 cm³/mol. The Labute approximate surface area is 141 Å². The van der Waals surface area contributed by atoms with Gasteiger partial charge in [0, 0.05) is 24.9 Å². The Balaban J connectivity index is 2.24. The molecule has 24 heavy (non-hydrogen) atoms. The van der Waals surface area contributed by atoms with Gasteiger partial charge < -0.3 is 29.6 Å². The molecular weight excluding hydrogens is 312 g/mol. The van der Waals surface area contributed by atoms with E-state index in [4.69, 9.17) is 9.47 Å². The smallest absolute Gasteiger partial charge is 0.241 e. The molecule has 0 saturated carbocycles. The topological polar surface area (TPSA) is 102 Å². The molecule has 0 amide bonds. The van der Waals surface area contributed by atoms with Crippen molar-refractivity contribution in [2.24, 2.45) is 0 Å². The molecule has 0 aliphatic carbocycles. The third-order valence-electron chi connectivity index (χ3n) is 3.78. The molecule has 134 valence electrons. The summed E-state index contributed by atoms with van der Waals surface area (Å²) in [5.41, 5.74) is 2.47. The summed E-state index contributed by atoms with van der Waals surface area (Å²) in [5, 5.41) is 21.5. The lowest BCUT2D eigenvalue weighted by atomic mass is 10.2. The number of aliphatic hydroxyl groups excluding tert-OH is 2. The second-order valence-corrected chi connectivity index (χ2v) is 5.54. The van der Waals surface area contributed by atoms with E-state index in [-0.39, 0.29) is 19.3 Å². The van der Waals surface area contributed by atoms with Crippen LogP contribution in [0.5, 0.6) is 5.88 Å². The third-order valence-corrected chi connectivity index (χ3v) is 3.78. The summed E-state index contributed by atoms with van der Waals surface area (Å²) in [6.07, 6.45) is 5.49. The number of hydrogen-bond donors (Lipinski definition) is 3. The summed E-state index contributed by atoms with van der Waals surface area (Å²) in [6, 6.07) is -0.368. The van der Waals surface area contributed by atoms with Crippen molar-refractivity contribution in [3.05, 3.63) is 18.1 Å². The van der Waals surface area contributed by atoms with Gasteiger partial charge in [0.05, 0.1) is 26.4 Å². The van der Waals surface area contributed by atoms with E-state index >= 15 is 0 Å². The minimum absolute atomic E-state index is 0.131. The molecule has 0 atom stereocenters. The molecule has 0 spiro atoms. The van der Waals surface area contributed by atoms with Crippen LogP contribution in [0.1, 0.15) is 25.3 Å². The number of nitrogens with one attached hydrogen (secondary N) is 1. The van der Waals surface area contributed by atoms with Crippen LogP contribution in [0.2, 0.25) is 0 Å². The van der Waals surface area contributed by atoms with Gasteiger partial charge >= 0.3 is 0 Å². The van der Waals surface area contributed by atoms with Crippen molar-refractivity contribution in [1.82, 2.24) is 19.9 Å². The summed E-state index contributed by atoms with van der Waals surface area (Å²) in [5.74, 6) is 0.492. The summed E-state index contributed by atoms with van der Waals surface area (Å²) in [7, 11) is 1.57. The quantitative estimate of drug-likeness (QED) is 0.517. The van der Waals surface area contributed by atoms with Crippen LogP contribution >= 0.6 is 0 Å². The van der Waals surface area contributed by atoms with Gasteiger partial charge in [0.1, 0.15) is 24.1 Å². The molecule has 0 saturated heterocycles. The molecule has 8 heteroatoms. The third kappa shape index (κ3) is 4.41. The Bertz CT molecular complexity index is 628. The summed E-state index contributed by atoms with van der Waals surface area (Å²) in [4.78, 5) is 8.51. The van der Waals surface area contributed by atoms with E-state index in [0.717, 1.165) is 29.4 Å². The van der Waals surface area contributed by atoms with Crippen LogP contribution in [0, 0.1) is 0 Å². The van der Waals surface area contributed by atoms with Gasteiger partial charge in [-0.1, -0.05) is 13.3 Å². The van der Waals surface area contributed by atoms with Gasteiger partial charge in [-0.3, -0.25) is 0 Å². The lowest BCUT2D eigenvalue weighted by Gasteiger charge is -2.12. The van der Waals surface area contributed by atoms with E-state index in [1.165, 1.54) is 6.33 Å². The number of ether oxygens (including phenoxy) is 2. The Hall–Kier alpha value is -1.74. The highest BCUT2D eigenvalue weighted by atomic mass is 16.5. The molecule has 8 nitrogen and oxygen atoms in total. The standard InChI is InChI=1S/C16H26N4O4/c1-3-4-5-24-11-20-7-12(6-17-13(8-21)9-22)14-15(20)16(23-2)19-10-18-14/h7,10,13,17,21-22H,3-6,8-9,11H2,1-2H3. The Morgan fingerprint density at radius 1 is 1.29 bits per heavy atom. The van der Waals surface area contributed by atoms with Crippen molar-refractivity contribution >= 4 is 11.0 Å². The average Bonchev–Trinajstić information content (AvgIpc) is 2.98. The number of rotatable bonds is 11. The molecule has 2 heterocycles. The van der Waals surface area contributed by atoms with Gasteiger partial charge in [-0.2, -0.15) is 4.98 Å². The van der Waals surface area contributed by atoms with Crippen LogP contribution in [-0.4, -0.2) is 57.7 Å². The van der Waals surface area contributed by atoms with Crippen molar-refractivity contribution in [1.29, 1.82) is 0 Å². The molecule has 0 radical (unpaired) electrons. The zero-order valence-electron chi connectivity index (χ0n) is 14.2. The van der Waals surface area contributed by atoms with Gasteiger partial charge in [-0.05, 0) is 6.42 Å². The van der Waals surface area contributed by atoms with Crippen molar-refractivity contribution in [3.8, 4) is 5.88 Å². The number of nitrogens with zero attached hydrogens (tertiary/aromatic N) is 3. The maximum atomic E-state index is 9.18. The highest BCUT2D eigenvalue weighted by Gasteiger charge is 2.16. The summed E-state index contributed by atoms with van der Waals surface area (Å²) < 4.78 is 13.0. The first-order chi connectivity index (χ1) is 11.7. The van der Waals surface area contributed by atoms with Crippen LogP contribution in [-0.2, 0) is 18.0 Å². The SMILES string of the molecule is CCCCOCn1cc(CNC(CO)CO)c2ncnc(OC)c21. The first kappa shape index (κ1) is 18.6. The Morgan fingerprint density at radius 3 is 2.75 bits per heavy atom. The predicted octanol–water partition coefficient (Wildman–Crippen LogP) is 0.657. The zero-order valence-corrected chi connectivity index (χ0v) is 14.2. The molecule has 2 rings (SSSR count). The maximum Gasteiger partial charge on any atom is 0.241 e. The molecule has 0 aliphatic heterocycles. The van der Waals surface area contributed by atoms with Crippen molar-refractivity contribution in [2.75, 3.05) is 26.9 Å². The number of hydrogen-bond acceptors (Lipinski definition) is 7. The molecule has 3 N–H and O–H groups in total. The van der Waals surface area contributed by atoms with Crippen molar-refractivity contribution < 1.29 is 19.7 Å². The van der Waals surface area contributed by atoms with Crippen molar-refractivity contribution in [3.63, 3.8) is 0 Å². The van der Waals surface area contributed by atoms with E-state index in [2.05, 4.69) is 22.2 Å². The summed E-state index contributed by atoms with van der Waals surface area (Å²) >= 11 is 0. The Morgan fingerprint density at radius 2 is 2.08 bits per heavy atom. The van der Waals surface area contributed by atoms with Crippen molar-refractivity contribution in [2.45, 2.75) is 39.1 Å². The zero-order chi connectivity index (χ0) is 17.4. The highest BCUT2D eigenvalue weighted by Crippen LogP contribution is 2.26. The van der Waals surface area contributed by atoms with E-state index in [0.29, 0.717) is 25.8 Å². The molecule has 0 aromatic carbocycles. The van der Waals surface area contributed by atoms with Gasteiger partial charge in [0.25, 0.3) is 0 Å². The van der Waals surface area contributed by atoms with Crippen LogP contribution in [0.25, 0.3) is 11.0 Å². The number of aliphatic hydroxyl groups is 2. The fourth-order valence-corrected chi connectivity index (χ4v) is 2.40. The van der Waals surface area contributed by atoms with Gasteiger partial charge in [-0.25, -0.2) is 4.98 Å². The van der Waals surface area contributed by atoms with Gasteiger partial charge in [0.15, 0.2) is 0 Å². The number of unbranched alkanes of at least 4 members (excludes halogenated alkanes) is 1. The van der Waals surface area contributed by atoms with E-state index < -0.39 is 0 Å². The van der Waals surface area contributed by atoms with Crippen LogP contribution < -0.4 is 10.1 Å². The van der Waals surface area contributed by atoms with Crippen LogP contribution in [0.15, 0.2) is 12.5 Å². The minimum Gasteiger partial charge on any atom is -0.479 e. The molecule has 0 fully saturated rings. The number of aromatic nitrogens is 3. The number of fused-ring (bicyclic) bond motifs is 1. The summed E-state index contributed by atoms with van der Waals surface area (Å²) in [6.45, 7) is 3.40. The molecule has 0 unspecified atom stereocenters. The largest absolute Gasteiger partial charge is 0.479 e. The lowest BCUT2D eigenvalue weighted by Crippen LogP contribution is -2.35. The van der Waals surface area contributed by atoms with Crippen LogP contribution in [0.3, 0.4) is 0 Å². The molecule has 2 aromatic rings. The fraction of sp³-hybridized carbons (Fsp3) is 0.625. The van der Waals surface area contributed by atoms with Crippen LogP contribution in [0.4, 0.5) is 0 Å². The monoisotopic (exact) mass is 338 g/mol. The van der Waals surface area contributed by atoms with Gasteiger partial charge in [0.2, 0.25) is 5.88 Å². The second kappa shape index (κ2) is 9.53. The first-order valence-electron chi connectivity index (χ1n) is 8.14.